The van der Waals surface area contributed by atoms with E-state index in [-0.39, 0.29) is 10.7 Å². The summed E-state index contributed by atoms with van der Waals surface area (Å²) < 4.78 is 77.8. The van der Waals surface area contributed by atoms with Crippen LogP contribution in [0.4, 0.5) is 38.0 Å². The van der Waals surface area contributed by atoms with Gasteiger partial charge < -0.3 is 4.90 Å². The second-order valence-corrected chi connectivity index (χ2v) is 5.47. The molecule has 0 saturated heterocycles. The van der Waals surface area contributed by atoms with Crippen LogP contribution in [0.1, 0.15) is 11.3 Å². The van der Waals surface area contributed by atoms with E-state index in [0.29, 0.717) is 12.1 Å². The van der Waals surface area contributed by atoms with Crippen LogP contribution in [-0.4, -0.2) is 16.6 Å². The Morgan fingerprint density at radius 1 is 1.08 bits per heavy atom. The van der Waals surface area contributed by atoms with Gasteiger partial charge in [-0.25, -0.2) is 4.98 Å². The second kappa shape index (κ2) is 6.25. The molecule has 0 saturated carbocycles. The fraction of sp³-hybridized carbons (Fsp3) is 0.286. The monoisotopic (exact) mass is 385 g/mol. The molecule has 4 nitrogen and oxygen atoms in total. The number of rotatable bonds is 2. The standard InChI is InChI=1S/C14H10ClF6N3O/c1-23(9-5-7(13(16,17)18)3-4-8(9)15)12-22-10(14(19,20)21)6-11(25)24(12)2/h3-6H,1-2H3. The molecule has 0 atom stereocenters. The molecule has 0 unspecified atom stereocenters. The first-order valence-corrected chi connectivity index (χ1v) is 6.96. The van der Waals surface area contributed by atoms with Gasteiger partial charge in [0, 0.05) is 20.2 Å². The predicted molar refractivity (Wildman–Crippen MR) is 79.0 cm³/mol. The van der Waals surface area contributed by atoms with Gasteiger partial charge in [-0.1, -0.05) is 11.6 Å². The van der Waals surface area contributed by atoms with E-state index < -0.39 is 35.1 Å². The van der Waals surface area contributed by atoms with Crippen LogP contribution in [0.25, 0.3) is 0 Å². The number of nitrogens with zero attached hydrogens (tertiary/aromatic N) is 3. The van der Waals surface area contributed by atoms with Crippen molar-refractivity contribution in [3.05, 3.63) is 50.9 Å². The van der Waals surface area contributed by atoms with Gasteiger partial charge in [0.05, 0.1) is 16.3 Å². The minimum atomic E-state index is -4.89. The summed E-state index contributed by atoms with van der Waals surface area (Å²) in [5, 5.41) is -0.151. The summed E-state index contributed by atoms with van der Waals surface area (Å²) in [5.41, 5.74) is -3.78. The molecule has 1 aromatic carbocycles. The number of halogens is 7. The van der Waals surface area contributed by atoms with Gasteiger partial charge in [-0.2, -0.15) is 26.3 Å². The number of aromatic nitrogens is 2. The van der Waals surface area contributed by atoms with Gasteiger partial charge in [0.1, 0.15) is 0 Å². The third kappa shape index (κ3) is 3.89. The highest BCUT2D eigenvalue weighted by Gasteiger charge is 2.35. The molecular formula is C14H10ClF6N3O. The number of hydrogen-bond acceptors (Lipinski definition) is 3. The third-order valence-corrected chi connectivity index (χ3v) is 3.66. The van der Waals surface area contributed by atoms with Gasteiger partial charge in [0.15, 0.2) is 5.69 Å². The zero-order chi connectivity index (χ0) is 19.2. The highest BCUT2D eigenvalue weighted by atomic mass is 35.5. The smallest absolute Gasteiger partial charge is 0.313 e. The van der Waals surface area contributed by atoms with Crippen LogP contribution >= 0.6 is 11.6 Å². The van der Waals surface area contributed by atoms with E-state index in [2.05, 4.69) is 4.98 Å². The van der Waals surface area contributed by atoms with Crippen molar-refractivity contribution in [2.24, 2.45) is 7.05 Å². The van der Waals surface area contributed by atoms with Gasteiger partial charge in [0.2, 0.25) is 5.95 Å². The lowest BCUT2D eigenvalue weighted by Crippen LogP contribution is -2.28. The first-order chi connectivity index (χ1) is 11.3. The van der Waals surface area contributed by atoms with Crippen molar-refractivity contribution < 1.29 is 26.3 Å². The van der Waals surface area contributed by atoms with Crippen LogP contribution in [0, 0.1) is 0 Å². The molecule has 2 aromatic rings. The van der Waals surface area contributed by atoms with Crippen molar-refractivity contribution in [1.82, 2.24) is 9.55 Å². The molecule has 0 radical (unpaired) electrons. The summed E-state index contributed by atoms with van der Waals surface area (Å²) in [6, 6.07) is 2.65. The molecule has 0 spiro atoms. The van der Waals surface area contributed by atoms with E-state index in [1.165, 1.54) is 0 Å². The number of alkyl halides is 6. The molecule has 0 aliphatic heterocycles. The van der Waals surface area contributed by atoms with Gasteiger partial charge in [-0.3, -0.25) is 9.36 Å². The Balaban J connectivity index is 2.64. The molecule has 1 aromatic heterocycles. The van der Waals surface area contributed by atoms with E-state index in [1.807, 2.05) is 0 Å². The summed E-state index contributed by atoms with van der Waals surface area (Å²) in [6.07, 6.45) is -9.56. The number of benzene rings is 1. The van der Waals surface area contributed by atoms with E-state index in [1.54, 1.807) is 0 Å². The van der Waals surface area contributed by atoms with E-state index >= 15 is 0 Å². The SMILES string of the molecule is CN(c1cc(C(F)(F)F)ccc1Cl)c1nc(C(F)(F)F)cc(=O)n1C. The van der Waals surface area contributed by atoms with Crippen LogP contribution in [0.2, 0.25) is 5.02 Å². The summed E-state index contributed by atoms with van der Waals surface area (Å²) in [5.74, 6) is -0.513. The summed E-state index contributed by atoms with van der Waals surface area (Å²) in [4.78, 5) is 16.0. The fourth-order valence-corrected chi connectivity index (χ4v) is 2.27. The van der Waals surface area contributed by atoms with Gasteiger partial charge >= 0.3 is 12.4 Å². The Morgan fingerprint density at radius 3 is 2.20 bits per heavy atom. The molecule has 0 fully saturated rings. The highest BCUT2D eigenvalue weighted by molar-refractivity contribution is 6.33. The largest absolute Gasteiger partial charge is 0.433 e. The van der Waals surface area contributed by atoms with Gasteiger partial charge in [-0.15, -0.1) is 0 Å². The van der Waals surface area contributed by atoms with Crippen LogP contribution < -0.4 is 10.5 Å². The van der Waals surface area contributed by atoms with Crippen molar-refractivity contribution in [3.63, 3.8) is 0 Å². The maximum absolute atomic E-state index is 12.8. The molecule has 136 valence electrons. The van der Waals surface area contributed by atoms with Crippen LogP contribution in [-0.2, 0) is 19.4 Å². The molecular weight excluding hydrogens is 376 g/mol. The molecule has 2 rings (SSSR count). The average Bonchev–Trinajstić information content (AvgIpc) is 2.47. The second-order valence-electron chi connectivity index (χ2n) is 5.06. The minimum Gasteiger partial charge on any atom is -0.313 e. The third-order valence-electron chi connectivity index (χ3n) is 3.34. The maximum Gasteiger partial charge on any atom is 0.433 e. The Morgan fingerprint density at radius 2 is 1.68 bits per heavy atom. The topological polar surface area (TPSA) is 38.1 Å². The first-order valence-electron chi connectivity index (χ1n) is 6.58. The quantitative estimate of drug-likeness (QED) is 0.726. The van der Waals surface area contributed by atoms with Crippen molar-refractivity contribution >= 4 is 23.2 Å². The molecule has 0 aliphatic carbocycles. The zero-order valence-corrected chi connectivity index (χ0v) is 13.5. The van der Waals surface area contributed by atoms with E-state index in [4.69, 9.17) is 11.6 Å². The molecule has 1 heterocycles. The van der Waals surface area contributed by atoms with E-state index in [9.17, 15) is 31.1 Å². The van der Waals surface area contributed by atoms with Crippen LogP contribution in [0.5, 0.6) is 0 Å². The lowest BCUT2D eigenvalue weighted by Gasteiger charge is -2.23. The average molecular weight is 386 g/mol. The summed E-state index contributed by atoms with van der Waals surface area (Å²) in [6.45, 7) is 0. The van der Waals surface area contributed by atoms with Crippen LogP contribution in [0.3, 0.4) is 0 Å². The van der Waals surface area contributed by atoms with Crippen molar-refractivity contribution in [2.75, 3.05) is 11.9 Å². The fourth-order valence-electron chi connectivity index (χ4n) is 2.03. The van der Waals surface area contributed by atoms with E-state index in [0.717, 1.165) is 35.7 Å². The van der Waals surface area contributed by atoms with Gasteiger partial charge in [0.25, 0.3) is 5.56 Å². The lowest BCUT2D eigenvalue weighted by atomic mass is 10.2. The molecule has 11 heteroatoms. The molecule has 0 N–H and O–H groups in total. The summed E-state index contributed by atoms with van der Waals surface area (Å²) >= 11 is 5.87. The van der Waals surface area contributed by atoms with Crippen molar-refractivity contribution in [2.45, 2.75) is 12.4 Å². The summed E-state index contributed by atoms with van der Waals surface area (Å²) in [7, 11) is 2.30. The zero-order valence-electron chi connectivity index (χ0n) is 12.7. The molecule has 0 bridgehead atoms. The van der Waals surface area contributed by atoms with Gasteiger partial charge in [-0.05, 0) is 18.2 Å². The Labute approximate surface area is 142 Å². The van der Waals surface area contributed by atoms with Crippen molar-refractivity contribution in [1.29, 1.82) is 0 Å². The highest BCUT2D eigenvalue weighted by Crippen LogP contribution is 2.37. The molecule has 0 amide bonds. The Bertz CT molecular complexity index is 859. The Kier molecular flexibility index (Phi) is 4.77. The van der Waals surface area contributed by atoms with Crippen LogP contribution in [0.15, 0.2) is 29.1 Å². The molecule has 25 heavy (non-hydrogen) atoms. The first kappa shape index (κ1) is 19.1. The predicted octanol–water partition coefficient (Wildman–Crippen LogP) is 4.24. The minimum absolute atomic E-state index is 0.151. The normalized spacial score (nSPS) is 12.4. The molecule has 0 aliphatic rings. The number of hydrogen-bond donors (Lipinski definition) is 0. The number of anilines is 2. The Hall–Kier alpha value is -2.23. The maximum atomic E-state index is 12.8. The lowest BCUT2D eigenvalue weighted by molar-refractivity contribution is -0.141. The van der Waals surface area contributed by atoms with Crippen molar-refractivity contribution in [3.8, 4) is 0 Å².